The fourth-order valence-electron chi connectivity index (χ4n) is 1.38. The van der Waals surface area contributed by atoms with E-state index < -0.39 is 0 Å². The molecule has 0 heterocycles. The van der Waals surface area contributed by atoms with Crippen molar-refractivity contribution in [3.63, 3.8) is 0 Å². The van der Waals surface area contributed by atoms with E-state index in [0.717, 1.165) is 0 Å². The number of hydrogen-bond donors (Lipinski definition) is 2. The molecular weight excluding hydrogens is 232 g/mol. The minimum Gasteiger partial charge on any atom is -0.508 e. The van der Waals surface area contributed by atoms with Crippen LogP contribution in [0.15, 0.2) is 24.3 Å². The second-order valence-corrected chi connectivity index (χ2v) is 3.99. The van der Waals surface area contributed by atoms with Crippen molar-refractivity contribution in [1.82, 2.24) is 10.2 Å². The van der Waals surface area contributed by atoms with Crippen LogP contribution >= 0.6 is 0 Å². The third kappa shape index (κ3) is 4.08. The zero-order chi connectivity index (χ0) is 13.5. The number of amides is 2. The Morgan fingerprint density at radius 2 is 2.00 bits per heavy atom. The fraction of sp³-hybridized carbons (Fsp3) is 0.385. The molecule has 2 N–H and O–H groups in total. The lowest BCUT2D eigenvalue weighted by Crippen LogP contribution is -2.38. The number of carbonyl (C=O) groups excluding carboxylic acids is 2. The van der Waals surface area contributed by atoms with E-state index in [9.17, 15) is 14.7 Å². The van der Waals surface area contributed by atoms with Crippen LogP contribution in [0.2, 0.25) is 0 Å². The molecule has 1 aromatic rings. The molecule has 5 nitrogen and oxygen atoms in total. The first-order valence-corrected chi connectivity index (χ1v) is 5.82. The van der Waals surface area contributed by atoms with E-state index in [2.05, 4.69) is 5.32 Å². The largest absolute Gasteiger partial charge is 0.508 e. The maximum Gasteiger partial charge on any atom is 0.241 e. The van der Waals surface area contributed by atoms with Crippen molar-refractivity contribution in [2.75, 3.05) is 20.1 Å². The van der Waals surface area contributed by atoms with E-state index in [0.29, 0.717) is 12.1 Å². The molecule has 0 radical (unpaired) electrons. The number of likely N-dealkylation sites (N-methyl/N-ethyl adjacent to an activating group) is 1. The van der Waals surface area contributed by atoms with Gasteiger partial charge in [0.2, 0.25) is 11.8 Å². The third-order valence-electron chi connectivity index (χ3n) is 2.68. The van der Waals surface area contributed by atoms with Gasteiger partial charge in [0.1, 0.15) is 5.75 Å². The Morgan fingerprint density at radius 3 is 2.61 bits per heavy atom. The second kappa shape index (κ2) is 6.64. The SMILES string of the molecule is CCN(C)C(=O)CNC(=O)Cc1ccccc1O. The van der Waals surface area contributed by atoms with Crippen molar-refractivity contribution in [3.05, 3.63) is 29.8 Å². The summed E-state index contributed by atoms with van der Waals surface area (Å²) in [5.74, 6) is -0.331. The smallest absolute Gasteiger partial charge is 0.241 e. The summed E-state index contributed by atoms with van der Waals surface area (Å²) in [4.78, 5) is 24.6. The first-order valence-electron chi connectivity index (χ1n) is 5.82. The van der Waals surface area contributed by atoms with Crippen LogP contribution in [0.1, 0.15) is 12.5 Å². The summed E-state index contributed by atoms with van der Waals surface area (Å²) < 4.78 is 0. The Labute approximate surface area is 106 Å². The molecule has 0 spiro atoms. The molecule has 1 aromatic carbocycles. The standard InChI is InChI=1S/C13H18N2O3/c1-3-15(2)13(18)9-14-12(17)8-10-6-4-5-7-11(10)16/h4-7,16H,3,8-9H2,1-2H3,(H,14,17). The summed E-state index contributed by atoms with van der Waals surface area (Å²) in [5, 5.41) is 12.0. The fourth-order valence-corrected chi connectivity index (χ4v) is 1.38. The van der Waals surface area contributed by atoms with Crippen LogP contribution in [0.5, 0.6) is 5.75 Å². The molecule has 18 heavy (non-hydrogen) atoms. The van der Waals surface area contributed by atoms with Crippen molar-refractivity contribution in [3.8, 4) is 5.75 Å². The van der Waals surface area contributed by atoms with Gasteiger partial charge in [-0.2, -0.15) is 0 Å². The van der Waals surface area contributed by atoms with Gasteiger partial charge in [-0.3, -0.25) is 9.59 Å². The van der Waals surface area contributed by atoms with Gasteiger partial charge in [0.15, 0.2) is 0 Å². The van der Waals surface area contributed by atoms with E-state index >= 15 is 0 Å². The summed E-state index contributed by atoms with van der Waals surface area (Å²) in [6, 6.07) is 6.64. The van der Waals surface area contributed by atoms with Crippen LogP contribution in [-0.2, 0) is 16.0 Å². The molecule has 0 atom stereocenters. The quantitative estimate of drug-likeness (QED) is 0.801. The number of phenolic OH excluding ortho intramolecular Hbond substituents is 1. The van der Waals surface area contributed by atoms with Crippen molar-refractivity contribution < 1.29 is 14.7 Å². The first kappa shape index (κ1) is 14.0. The Bertz CT molecular complexity index is 432. The molecule has 0 aliphatic carbocycles. The average Bonchev–Trinajstić information content (AvgIpc) is 2.37. The zero-order valence-electron chi connectivity index (χ0n) is 10.6. The summed E-state index contributed by atoms with van der Waals surface area (Å²) in [7, 11) is 1.68. The molecule has 0 unspecified atom stereocenters. The minimum atomic E-state index is -0.283. The molecule has 0 saturated carbocycles. The minimum absolute atomic E-state index is 0.0171. The summed E-state index contributed by atoms with van der Waals surface area (Å²) in [6.45, 7) is 2.45. The maximum atomic E-state index is 11.6. The Balaban J connectivity index is 2.44. The highest BCUT2D eigenvalue weighted by atomic mass is 16.3. The first-order chi connectivity index (χ1) is 8.54. The maximum absolute atomic E-state index is 11.6. The van der Waals surface area contributed by atoms with Crippen molar-refractivity contribution in [2.24, 2.45) is 0 Å². The molecule has 0 aliphatic rings. The highest BCUT2D eigenvalue weighted by molar-refractivity contribution is 5.85. The van der Waals surface area contributed by atoms with Crippen LogP contribution in [-0.4, -0.2) is 42.0 Å². The molecular formula is C13H18N2O3. The molecule has 2 amide bonds. The number of carbonyl (C=O) groups is 2. The molecule has 0 aromatic heterocycles. The van der Waals surface area contributed by atoms with Crippen molar-refractivity contribution in [2.45, 2.75) is 13.3 Å². The number of hydrogen-bond acceptors (Lipinski definition) is 3. The number of phenols is 1. The number of nitrogens with zero attached hydrogens (tertiary/aromatic N) is 1. The highest BCUT2D eigenvalue weighted by Gasteiger charge is 2.10. The topological polar surface area (TPSA) is 69.6 Å². The number of aromatic hydroxyl groups is 1. The van der Waals surface area contributed by atoms with Crippen LogP contribution in [0.25, 0.3) is 0 Å². The Hall–Kier alpha value is -2.04. The van der Waals surface area contributed by atoms with Gasteiger partial charge in [0.05, 0.1) is 13.0 Å². The lowest BCUT2D eigenvalue weighted by atomic mass is 10.1. The van der Waals surface area contributed by atoms with Crippen molar-refractivity contribution >= 4 is 11.8 Å². The van der Waals surface area contributed by atoms with Crippen LogP contribution in [0.4, 0.5) is 0 Å². The van der Waals surface area contributed by atoms with Gasteiger partial charge in [0, 0.05) is 19.2 Å². The van der Waals surface area contributed by atoms with Gasteiger partial charge < -0.3 is 15.3 Å². The third-order valence-corrected chi connectivity index (χ3v) is 2.68. The molecule has 0 saturated heterocycles. The average molecular weight is 250 g/mol. The molecule has 5 heteroatoms. The Morgan fingerprint density at radius 1 is 1.33 bits per heavy atom. The second-order valence-electron chi connectivity index (χ2n) is 3.99. The van der Waals surface area contributed by atoms with E-state index in [-0.39, 0.29) is 30.5 Å². The van der Waals surface area contributed by atoms with E-state index in [1.54, 1.807) is 25.2 Å². The monoisotopic (exact) mass is 250 g/mol. The van der Waals surface area contributed by atoms with Gasteiger partial charge in [-0.1, -0.05) is 18.2 Å². The Kier molecular flexibility index (Phi) is 5.17. The molecule has 1 rings (SSSR count). The number of rotatable bonds is 5. The van der Waals surface area contributed by atoms with Gasteiger partial charge in [-0.15, -0.1) is 0 Å². The van der Waals surface area contributed by atoms with E-state index in [4.69, 9.17) is 0 Å². The molecule has 98 valence electrons. The van der Waals surface area contributed by atoms with Gasteiger partial charge in [-0.05, 0) is 13.0 Å². The summed E-state index contributed by atoms with van der Waals surface area (Å²) in [6.07, 6.45) is 0.0653. The zero-order valence-corrected chi connectivity index (χ0v) is 10.6. The lowest BCUT2D eigenvalue weighted by Gasteiger charge is -2.14. The molecule has 0 fully saturated rings. The lowest BCUT2D eigenvalue weighted by molar-refractivity contribution is -0.131. The van der Waals surface area contributed by atoms with Crippen LogP contribution in [0.3, 0.4) is 0 Å². The predicted molar refractivity (Wildman–Crippen MR) is 68.1 cm³/mol. The molecule has 0 aliphatic heterocycles. The summed E-state index contributed by atoms with van der Waals surface area (Å²) in [5.41, 5.74) is 0.547. The predicted octanol–water partition coefficient (Wildman–Crippen LogP) is 0.529. The number of benzene rings is 1. The number of nitrogens with one attached hydrogen (secondary N) is 1. The highest BCUT2D eigenvalue weighted by Crippen LogP contribution is 2.15. The molecule has 0 bridgehead atoms. The van der Waals surface area contributed by atoms with Gasteiger partial charge >= 0.3 is 0 Å². The van der Waals surface area contributed by atoms with Gasteiger partial charge in [0.25, 0.3) is 0 Å². The number of para-hydroxylation sites is 1. The summed E-state index contributed by atoms with van der Waals surface area (Å²) >= 11 is 0. The van der Waals surface area contributed by atoms with E-state index in [1.807, 2.05) is 6.92 Å². The van der Waals surface area contributed by atoms with Gasteiger partial charge in [-0.25, -0.2) is 0 Å². The normalized spacial score (nSPS) is 9.89. The van der Waals surface area contributed by atoms with Crippen molar-refractivity contribution in [1.29, 1.82) is 0 Å². The van der Waals surface area contributed by atoms with Crippen LogP contribution < -0.4 is 5.32 Å². The van der Waals surface area contributed by atoms with Crippen LogP contribution in [0, 0.1) is 0 Å². The van der Waals surface area contributed by atoms with E-state index in [1.165, 1.54) is 11.0 Å².